The highest BCUT2D eigenvalue weighted by molar-refractivity contribution is 7.98. The van der Waals surface area contributed by atoms with Gasteiger partial charge in [0.2, 0.25) is 0 Å². The van der Waals surface area contributed by atoms with Crippen molar-refractivity contribution in [1.82, 2.24) is 0 Å². The van der Waals surface area contributed by atoms with Crippen LogP contribution in [0.25, 0.3) is 0 Å². The predicted molar refractivity (Wildman–Crippen MR) is 89.7 cm³/mol. The van der Waals surface area contributed by atoms with Gasteiger partial charge in [-0.3, -0.25) is 0 Å². The van der Waals surface area contributed by atoms with Crippen LogP contribution in [-0.2, 0) is 9.31 Å². The van der Waals surface area contributed by atoms with E-state index < -0.39 is 0 Å². The highest BCUT2D eigenvalue weighted by Crippen LogP contribution is 2.36. The van der Waals surface area contributed by atoms with Gasteiger partial charge in [-0.25, -0.2) is 0 Å². The highest BCUT2D eigenvalue weighted by atomic mass is 32.2. The van der Waals surface area contributed by atoms with Crippen molar-refractivity contribution in [2.75, 3.05) is 12.0 Å². The lowest BCUT2D eigenvalue weighted by atomic mass is 9.79. The van der Waals surface area contributed by atoms with E-state index >= 15 is 0 Å². The van der Waals surface area contributed by atoms with E-state index in [4.69, 9.17) is 15.0 Å². The third kappa shape index (κ3) is 3.33. The fraction of sp³-hybridized carbons (Fsp3) is 0.600. The van der Waals surface area contributed by atoms with Crippen LogP contribution in [0.3, 0.4) is 0 Å². The van der Waals surface area contributed by atoms with E-state index in [1.54, 1.807) is 11.8 Å². The summed E-state index contributed by atoms with van der Waals surface area (Å²) in [6.07, 6.45) is 2.01. The Morgan fingerprint density at radius 1 is 1.05 bits per heavy atom. The molecule has 0 unspecified atom stereocenters. The van der Waals surface area contributed by atoms with Crippen LogP contribution in [0.15, 0.2) is 23.1 Å². The Labute approximate surface area is 127 Å². The fourth-order valence-corrected chi connectivity index (χ4v) is 2.41. The monoisotopic (exact) mass is 295 g/mol. The number of anilines is 1. The van der Waals surface area contributed by atoms with Crippen LogP contribution in [-0.4, -0.2) is 24.6 Å². The van der Waals surface area contributed by atoms with Gasteiger partial charge in [0, 0.05) is 10.6 Å². The molecule has 2 N–H and O–H groups in total. The second-order valence-electron chi connectivity index (χ2n) is 5.59. The van der Waals surface area contributed by atoms with Gasteiger partial charge in [-0.15, -0.1) is 11.8 Å². The van der Waals surface area contributed by atoms with E-state index in [0.717, 1.165) is 16.0 Å². The van der Waals surface area contributed by atoms with Gasteiger partial charge < -0.3 is 15.0 Å². The van der Waals surface area contributed by atoms with Crippen molar-refractivity contribution < 1.29 is 9.31 Å². The molecule has 0 saturated carbocycles. The van der Waals surface area contributed by atoms with Gasteiger partial charge in [0.1, 0.15) is 0 Å². The average Bonchev–Trinajstić information content (AvgIpc) is 2.61. The molecular weight excluding hydrogens is 269 g/mol. The molecule has 0 aromatic heterocycles. The van der Waals surface area contributed by atoms with Crippen LogP contribution in [0.1, 0.15) is 41.5 Å². The summed E-state index contributed by atoms with van der Waals surface area (Å²) in [6.45, 7) is 12.2. The van der Waals surface area contributed by atoms with E-state index in [1.807, 2.05) is 38.3 Å². The summed E-state index contributed by atoms with van der Waals surface area (Å²) in [4.78, 5) is 1.06. The molecule has 5 heteroatoms. The lowest BCUT2D eigenvalue weighted by Crippen LogP contribution is -2.41. The first-order valence-corrected chi connectivity index (χ1v) is 8.28. The zero-order chi connectivity index (χ0) is 15.6. The zero-order valence-electron chi connectivity index (χ0n) is 13.6. The molecule has 1 aliphatic rings. The first kappa shape index (κ1) is 17.4. The van der Waals surface area contributed by atoms with Crippen LogP contribution in [0.2, 0.25) is 0 Å². The summed E-state index contributed by atoms with van der Waals surface area (Å²) in [5.41, 5.74) is 7.10. The Morgan fingerprint density at radius 3 is 2.00 bits per heavy atom. The molecule has 1 aromatic rings. The fourth-order valence-electron chi connectivity index (χ4n) is 1.85. The molecule has 112 valence electrons. The number of rotatable bonds is 2. The van der Waals surface area contributed by atoms with Crippen molar-refractivity contribution in [2.24, 2.45) is 0 Å². The number of thioether (sulfide) groups is 1. The molecule has 3 nitrogen and oxygen atoms in total. The summed E-state index contributed by atoms with van der Waals surface area (Å²) in [6, 6.07) is 5.92. The number of nitrogens with two attached hydrogens (primary N) is 1. The van der Waals surface area contributed by atoms with E-state index in [0.29, 0.717) is 0 Å². The van der Waals surface area contributed by atoms with E-state index in [-0.39, 0.29) is 18.3 Å². The molecule has 1 fully saturated rings. The van der Waals surface area contributed by atoms with Crippen LogP contribution < -0.4 is 11.2 Å². The van der Waals surface area contributed by atoms with Crippen molar-refractivity contribution in [2.45, 2.75) is 57.6 Å². The topological polar surface area (TPSA) is 44.5 Å². The van der Waals surface area contributed by atoms with Crippen LogP contribution >= 0.6 is 11.8 Å². The first-order chi connectivity index (χ1) is 9.27. The standard InChI is InChI=1S/C13H20BNO2S.C2H6/c1-12(2)13(3,4)17-14(16-12)9-6-7-10(15)11(8-9)18-5;1-2/h6-8H,15H2,1-5H3;1-2H3. The summed E-state index contributed by atoms with van der Waals surface area (Å²) in [5, 5.41) is 0. The molecule has 0 radical (unpaired) electrons. The van der Waals surface area contributed by atoms with Crippen molar-refractivity contribution in [3.63, 3.8) is 0 Å². The Bertz CT molecular complexity index is 447. The minimum absolute atomic E-state index is 0.307. The number of hydrogen-bond donors (Lipinski definition) is 1. The van der Waals surface area contributed by atoms with Gasteiger partial charge in [-0.05, 0) is 51.5 Å². The quantitative estimate of drug-likeness (QED) is 0.516. The summed E-state index contributed by atoms with van der Waals surface area (Å²) >= 11 is 1.63. The maximum Gasteiger partial charge on any atom is 0.494 e. The van der Waals surface area contributed by atoms with Crippen molar-refractivity contribution in [3.05, 3.63) is 18.2 Å². The SMILES string of the molecule is CC.CSc1cc(B2OC(C)(C)C(C)(C)O2)ccc1N. The third-order valence-corrected chi connectivity index (χ3v) is 4.58. The van der Waals surface area contributed by atoms with Crippen molar-refractivity contribution >= 4 is 30.0 Å². The number of nitrogen functional groups attached to an aromatic ring is 1. The maximum absolute atomic E-state index is 6.02. The predicted octanol–water partition coefficient (Wildman–Crippen LogP) is 3.32. The first-order valence-electron chi connectivity index (χ1n) is 7.06. The lowest BCUT2D eigenvalue weighted by molar-refractivity contribution is 0.00578. The lowest BCUT2D eigenvalue weighted by Gasteiger charge is -2.32. The van der Waals surface area contributed by atoms with Crippen LogP contribution in [0.4, 0.5) is 5.69 Å². The minimum Gasteiger partial charge on any atom is -0.399 e. The molecule has 20 heavy (non-hydrogen) atoms. The number of benzene rings is 1. The Hall–Kier alpha value is -0.645. The van der Waals surface area contributed by atoms with Gasteiger partial charge in [-0.1, -0.05) is 19.9 Å². The summed E-state index contributed by atoms with van der Waals surface area (Å²) in [7, 11) is -0.318. The summed E-state index contributed by atoms with van der Waals surface area (Å²) in [5.74, 6) is 0. The summed E-state index contributed by atoms with van der Waals surface area (Å²) < 4.78 is 12.0. The minimum atomic E-state index is -0.318. The van der Waals surface area contributed by atoms with Gasteiger partial charge in [-0.2, -0.15) is 0 Å². The van der Waals surface area contributed by atoms with Gasteiger partial charge in [0.05, 0.1) is 11.2 Å². The maximum atomic E-state index is 6.02. The largest absolute Gasteiger partial charge is 0.494 e. The molecule has 0 spiro atoms. The van der Waals surface area contributed by atoms with Crippen LogP contribution in [0.5, 0.6) is 0 Å². The third-order valence-electron chi connectivity index (χ3n) is 3.78. The molecular formula is C15H26BNO2S. The van der Waals surface area contributed by atoms with Crippen molar-refractivity contribution in [1.29, 1.82) is 0 Å². The van der Waals surface area contributed by atoms with Crippen molar-refractivity contribution in [3.8, 4) is 0 Å². The molecule has 2 rings (SSSR count). The Balaban J connectivity index is 0.000000956. The molecule has 1 saturated heterocycles. The molecule has 1 heterocycles. The average molecular weight is 295 g/mol. The normalized spacial score (nSPS) is 19.4. The molecule has 1 aromatic carbocycles. The van der Waals surface area contributed by atoms with Gasteiger partial charge >= 0.3 is 7.12 Å². The van der Waals surface area contributed by atoms with Crippen LogP contribution in [0, 0.1) is 0 Å². The van der Waals surface area contributed by atoms with Gasteiger partial charge in [0.15, 0.2) is 0 Å². The number of hydrogen-bond acceptors (Lipinski definition) is 4. The second kappa shape index (κ2) is 6.42. The molecule has 0 aliphatic carbocycles. The molecule has 0 amide bonds. The Kier molecular flexibility index (Phi) is 5.58. The Morgan fingerprint density at radius 2 is 1.55 bits per heavy atom. The van der Waals surface area contributed by atoms with Gasteiger partial charge in [0.25, 0.3) is 0 Å². The molecule has 0 atom stereocenters. The smallest absolute Gasteiger partial charge is 0.399 e. The second-order valence-corrected chi connectivity index (χ2v) is 6.44. The van der Waals surface area contributed by atoms with E-state index in [1.165, 1.54) is 0 Å². The highest BCUT2D eigenvalue weighted by Gasteiger charge is 2.51. The zero-order valence-corrected chi connectivity index (χ0v) is 14.4. The molecule has 0 bridgehead atoms. The van der Waals surface area contributed by atoms with E-state index in [9.17, 15) is 0 Å². The van der Waals surface area contributed by atoms with E-state index in [2.05, 4.69) is 27.7 Å². The molecule has 1 aliphatic heterocycles.